The average Bonchev–Trinajstić information content (AvgIpc) is 3.53. The molecule has 3 nitrogen and oxygen atoms in total. The highest BCUT2D eigenvalue weighted by atomic mass is 16.3. The summed E-state index contributed by atoms with van der Waals surface area (Å²) in [6.45, 7) is 0. The van der Waals surface area contributed by atoms with E-state index in [-0.39, 0.29) is 0 Å². The lowest BCUT2D eigenvalue weighted by molar-refractivity contribution is 0.672. The van der Waals surface area contributed by atoms with Crippen LogP contribution in [-0.2, 0) is 0 Å². The molecule has 0 fully saturated rings. The lowest BCUT2D eigenvalue weighted by atomic mass is 9.92. The Labute approximate surface area is 270 Å². The molecule has 7 aromatic carbocycles. The number of aromatic nitrogens is 2. The predicted octanol–water partition coefficient (Wildman–Crippen LogP) is 12.0. The molecule has 10 rings (SSSR count). The van der Waals surface area contributed by atoms with Gasteiger partial charge in [-0.15, -0.1) is 0 Å². The number of fused-ring (bicyclic) bond motifs is 9. The Hall–Kier alpha value is -6.32. The van der Waals surface area contributed by atoms with Gasteiger partial charge in [-0.05, 0) is 63.7 Å². The van der Waals surface area contributed by atoms with E-state index in [0.29, 0.717) is 0 Å². The number of rotatable bonds is 3. The highest BCUT2D eigenvalue weighted by Crippen LogP contribution is 2.39. The van der Waals surface area contributed by atoms with Gasteiger partial charge in [-0.25, -0.2) is 9.97 Å². The summed E-state index contributed by atoms with van der Waals surface area (Å²) >= 11 is 0. The Morgan fingerprint density at radius 1 is 0.362 bits per heavy atom. The zero-order valence-corrected chi connectivity index (χ0v) is 25.3. The normalized spacial score (nSPS) is 11.8. The Morgan fingerprint density at radius 3 is 1.77 bits per heavy atom. The van der Waals surface area contributed by atoms with Crippen molar-refractivity contribution in [3.05, 3.63) is 158 Å². The van der Waals surface area contributed by atoms with Crippen molar-refractivity contribution >= 4 is 65.3 Å². The van der Waals surface area contributed by atoms with E-state index in [9.17, 15) is 0 Å². The third-order valence-electron chi connectivity index (χ3n) is 9.46. The van der Waals surface area contributed by atoms with E-state index in [2.05, 4.69) is 127 Å². The Bertz CT molecular complexity index is 2850. The van der Waals surface area contributed by atoms with Gasteiger partial charge in [0.15, 0.2) is 0 Å². The van der Waals surface area contributed by atoms with Crippen LogP contribution in [-0.4, -0.2) is 9.97 Å². The summed E-state index contributed by atoms with van der Waals surface area (Å²) in [6, 6.07) is 55.5. The summed E-state index contributed by atoms with van der Waals surface area (Å²) in [4.78, 5) is 10.4. The Kier molecular flexibility index (Phi) is 5.57. The maximum Gasteiger partial charge on any atom is 0.143 e. The molecule has 218 valence electrons. The van der Waals surface area contributed by atoms with Crippen molar-refractivity contribution < 1.29 is 4.42 Å². The van der Waals surface area contributed by atoms with E-state index in [1.165, 1.54) is 21.9 Å². The minimum absolute atomic E-state index is 0.914. The summed E-state index contributed by atoms with van der Waals surface area (Å²) in [5.41, 5.74) is 10.1. The highest BCUT2D eigenvalue weighted by Gasteiger charge is 2.15. The van der Waals surface area contributed by atoms with E-state index in [1.807, 2.05) is 30.3 Å². The molecule has 3 aromatic heterocycles. The zero-order valence-electron chi connectivity index (χ0n) is 25.3. The maximum absolute atomic E-state index is 6.32. The molecule has 0 aliphatic rings. The number of hydrogen-bond acceptors (Lipinski definition) is 3. The molecule has 0 spiro atoms. The Balaban J connectivity index is 1.12. The van der Waals surface area contributed by atoms with Gasteiger partial charge in [0, 0.05) is 38.1 Å². The molecule has 0 N–H and O–H groups in total. The van der Waals surface area contributed by atoms with Gasteiger partial charge >= 0.3 is 0 Å². The molecular weight excluding hydrogens is 572 g/mol. The summed E-state index contributed by atoms with van der Waals surface area (Å²) in [6.07, 6.45) is 0. The van der Waals surface area contributed by atoms with Crippen LogP contribution in [0.3, 0.4) is 0 Å². The predicted molar refractivity (Wildman–Crippen MR) is 196 cm³/mol. The van der Waals surface area contributed by atoms with Gasteiger partial charge in [0.05, 0.1) is 22.4 Å². The molecular formula is C44H26N2O. The molecule has 0 aliphatic carbocycles. The summed E-state index contributed by atoms with van der Waals surface area (Å²) in [7, 11) is 0. The molecule has 0 amide bonds. The molecule has 3 heterocycles. The minimum atomic E-state index is 0.914. The van der Waals surface area contributed by atoms with E-state index < -0.39 is 0 Å². The van der Waals surface area contributed by atoms with Crippen molar-refractivity contribution in [3.8, 4) is 33.6 Å². The molecule has 0 bridgehead atoms. The van der Waals surface area contributed by atoms with Crippen molar-refractivity contribution in [1.82, 2.24) is 9.97 Å². The number of benzene rings is 7. The molecule has 0 saturated heterocycles. The second kappa shape index (κ2) is 10.1. The van der Waals surface area contributed by atoms with Crippen LogP contribution in [0.4, 0.5) is 0 Å². The first-order chi connectivity index (χ1) is 23.3. The monoisotopic (exact) mass is 598 g/mol. The largest absolute Gasteiger partial charge is 0.455 e. The molecule has 0 atom stereocenters. The van der Waals surface area contributed by atoms with Gasteiger partial charge in [-0.2, -0.15) is 0 Å². The lowest BCUT2D eigenvalue weighted by Crippen LogP contribution is -1.92. The first-order valence-electron chi connectivity index (χ1n) is 15.9. The van der Waals surface area contributed by atoms with Crippen molar-refractivity contribution in [2.75, 3.05) is 0 Å². The zero-order chi connectivity index (χ0) is 30.9. The number of para-hydroxylation sites is 1. The van der Waals surface area contributed by atoms with Crippen molar-refractivity contribution in [1.29, 1.82) is 0 Å². The van der Waals surface area contributed by atoms with Crippen LogP contribution in [0.25, 0.3) is 98.9 Å². The lowest BCUT2D eigenvalue weighted by Gasteiger charge is -2.13. The molecule has 3 heteroatoms. The SMILES string of the molecule is c1ccc(-c2ccc3ccc4ccc(-c5ccc(-c6ccc7c(ccc8c9ccccc9oc78)c6)c6ccccc56)nc4c3n2)cc1. The van der Waals surface area contributed by atoms with Gasteiger partial charge in [-0.1, -0.05) is 121 Å². The fourth-order valence-electron chi connectivity index (χ4n) is 7.14. The van der Waals surface area contributed by atoms with Gasteiger partial charge in [0.1, 0.15) is 11.2 Å². The number of furan rings is 1. The van der Waals surface area contributed by atoms with E-state index >= 15 is 0 Å². The van der Waals surface area contributed by atoms with Crippen molar-refractivity contribution in [2.45, 2.75) is 0 Å². The molecule has 0 aliphatic heterocycles. The summed E-state index contributed by atoms with van der Waals surface area (Å²) in [5.74, 6) is 0. The molecule has 0 saturated carbocycles. The van der Waals surface area contributed by atoms with E-state index in [0.717, 1.165) is 77.0 Å². The third-order valence-corrected chi connectivity index (χ3v) is 9.46. The van der Waals surface area contributed by atoms with Gasteiger partial charge < -0.3 is 4.42 Å². The van der Waals surface area contributed by atoms with E-state index in [4.69, 9.17) is 14.4 Å². The first-order valence-corrected chi connectivity index (χ1v) is 15.9. The van der Waals surface area contributed by atoms with Crippen LogP contribution < -0.4 is 0 Å². The maximum atomic E-state index is 6.32. The van der Waals surface area contributed by atoms with Crippen LogP contribution in [0.1, 0.15) is 0 Å². The van der Waals surface area contributed by atoms with Gasteiger partial charge in [0.2, 0.25) is 0 Å². The Morgan fingerprint density at radius 2 is 0.957 bits per heavy atom. The quantitative estimate of drug-likeness (QED) is 0.190. The first kappa shape index (κ1) is 26.0. The van der Waals surface area contributed by atoms with Crippen LogP contribution in [0.5, 0.6) is 0 Å². The van der Waals surface area contributed by atoms with Crippen LogP contribution in [0.15, 0.2) is 162 Å². The fraction of sp³-hybridized carbons (Fsp3) is 0. The van der Waals surface area contributed by atoms with Gasteiger partial charge in [-0.3, -0.25) is 0 Å². The van der Waals surface area contributed by atoms with Crippen LogP contribution in [0, 0.1) is 0 Å². The second-order valence-electron chi connectivity index (χ2n) is 12.2. The minimum Gasteiger partial charge on any atom is -0.455 e. The standard InChI is InChI=1S/C44H26N2O/c1-2-8-27(9-3-1)39-24-18-28-14-15-29-19-25-40(46-43(29)42(28)45-39)36-23-22-32(34-10-4-5-11-35(34)36)30-16-20-33-31(26-30)17-21-38-37-12-6-7-13-41(37)47-44(33)38/h1-26H. The average molecular weight is 599 g/mol. The summed E-state index contributed by atoms with van der Waals surface area (Å²) < 4.78 is 6.32. The number of pyridine rings is 2. The molecule has 0 unspecified atom stereocenters. The van der Waals surface area contributed by atoms with Gasteiger partial charge in [0.25, 0.3) is 0 Å². The van der Waals surface area contributed by atoms with Crippen molar-refractivity contribution in [2.24, 2.45) is 0 Å². The van der Waals surface area contributed by atoms with Crippen LogP contribution >= 0.6 is 0 Å². The topological polar surface area (TPSA) is 38.9 Å². The fourth-order valence-corrected chi connectivity index (χ4v) is 7.14. The van der Waals surface area contributed by atoms with E-state index in [1.54, 1.807) is 0 Å². The van der Waals surface area contributed by atoms with Crippen LogP contribution in [0.2, 0.25) is 0 Å². The smallest absolute Gasteiger partial charge is 0.143 e. The number of hydrogen-bond donors (Lipinski definition) is 0. The van der Waals surface area contributed by atoms with Crippen molar-refractivity contribution in [3.63, 3.8) is 0 Å². The number of nitrogens with zero attached hydrogens (tertiary/aromatic N) is 2. The highest BCUT2D eigenvalue weighted by molar-refractivity contribution is 6.16. The molecule has 47 heavy (non-hydrogen) atoms. The molecule has 0 radical (unpaired) electrons. The third kappa shape index (κ3) is 4.07. The summed E-state index contributed by atoms with van der Waals surface area (Å²) in [5, 5.41) is 9.11. The molecule has 10 aromatic rings. The second-order valence-corrected chi connectivity index (χ2v) is 12.2.